The van der Waals surface area contributed by atoms with Crippen molar-refractivity contribution in [3.63, 3.8) is 0 Å². The van der Waals surface area contributed by atoms with Crippen LogP contribution < -0.4 is 5.32 Å². The summed E-state index contributed by atoms with van der Waals surface area (Å²) in [7, 11) is 0. The molecule has 2 rings (SSSR count). The topological polar surface area (TPSA) is 67.2 Å². The van der Waals surface area contributed by atoms with Crippen molar-refractivity contribution in [2.75, 3.05) is 13.2 Å². The molecule has 5 heteroatoms. The number of aliphatic hydroxyl groups is 1. The quantitative estimate of drug-likeness (QED) is 0.772. The summed E-state index contributed by atoms with van der Waals surface area (Å²) in [6.45, 7) is 6.68. The molecule has 1 aromatic carbocycles. The van der Waals surface area contributed by atoms with Crippen molar-refractivity contribution >= 4 is 5.91 Å². The van der Waals surface area contributed by atoms with Crippen LogP contribution in [0, 0.1) is 12.3 Å². The molecular weight excluding hydrogens is 290 g/mol. The number of nitrogens with zero attached hydrogens (tertiary/aromatic N) is 2. The van der Waals surface area contributed by atoms with Crippen LogP contribution in [0.15, 0.2) is 36.5 Å². The molecule has 2 aromatic rings. The van der Waals surface area contributed by atoms with Gasteiger partial charge in [-0.15, -0.1) is 0 Å². The lowest BCUT2D eigenvalue weighted by molar-refractivity contribution is 0.0948. The van der Waals surface area contributed by atoms with Gasteiger partial charge >= 0.3 is 0 Å². The van der Waals surface area contributed by atoms with Gasteiger partial charge in [-0.05, 0) is 37.3 Å². The van der Waals surface area contributed by atoms with Gasteiger partial charge in [-0.2, -0.15) is 5.10 Å². The number of nitrogens with one attached hydrogen (secondary N) is 1. The van der Waals surface area contributed by atoms with E-state index < -0.39 is 0 Å². The summed E-state index contributed by atoms with van der Waals surface area (Å²) in [4.78, 5) is 12.3. The van der Waals surface area contributed by atoms with E-state index in [4.69, 9.17) is 0 Å². The van der Waals surface area contributed by atoms with E-state index in [1.165, 1.54) is 0 Å². The SMILES string of the molecule is Cc1c(C(=O)NCCCC(C)(C)CO)cnn1-c1ccccc1. The zero-order valence-corrected chi connectivity index (χ0v) is 14.0. The molecule has 0 aliphatic heterocycles. The number of hydrogen-bond donors (Lipinski definition) is 2. The fourth-order valence-electron chi connectivity index (χ4n) is 2.41. The fraction of sp³-hybridized carbons (Fsp3) is 0.444. The van der Waals surface area contributed by atoms with Crippen LogP contribution in [0.2, 0.25) is 0 Å². The van der Waals surface area contributed by atoms with Crippen molar-refractivity contribution in [3.05, 3.63) is 47.8 Å². The molecule has 0 saturated heterocycles. The minimum Gasteiger partial charge on any atom is -0.396 e. The first kappa shape index (κ1) is 17.2. The average Bonchev–Trinajstić information content (AvgIpc) is 2.94. The van der Waals surface area contributed by atoms with Gasteiger partial charge in [0.2, 0.25) is 0 Å². The highest BCUT2D eigenvalue weighted by Gasteiger charge is 2.17. The Morgan fingerprint density at radius 2 is 2.00 bits per heavy atom. The highest BCUT2D eigenvalue weighted by molar-refractivity contribution is 5.95. The van der Waals surface area contributed by atoms with E-state index in [1.54, 1.807) is 10.9 Å². The first-order valence-corrected chi connectivity index (χ1v) is 7.94. The van der Waals surface area contributed by atoms with Crippen LogP contribution in [-0.4, -0.2) is 33.9 Å². The molecule has 23 heavy (non-hydrogen) atoms. The highest BCUT2D eigenvalue weighted by Crippen LogP contribution is 2.20. The number of para-hydroxylation sites is 1. The second-order valence-corrected chi connectivity index (χ2v) is 6.57. The Kier molecular flexibility index (Phi) is 5.55. The van der Waals surface area contributed by atoms with E-state index in [-0.39, 0.29) is 17.9 Å². The molecule has 0 bridgehead atoms. The fourth-order valence-corrected chi connectivity index (χ4v) is 2.41. The Labute approximate surface area is 137 Å². The molecule has 5 nitrogen and oxygen atoms in total. The Morgan fingerprint density at radius 1 is 1.30 bits per heavy atom. The van der Waals surface area contributed by atoms with E-state index in [0.29, 0.717) is 12.1 Å². The van der Waals surface area contributed by atoms with Crippen molar-refractivity contribution in [1.82, 2.24) is 15.1 Å². The zero-order chi connectivity index (χ0) is 16.9. The van der Waals surface area contributed by atoms with E-state index >= 15 is 0 Å². The minimum atomic E-state index is -0.105. The van der Waals surface area contributed by atoms with Crippen molar-refractivity contribution in [2.45, 2.75) is 33.6 Å². The molecule has 0 unspecified atom stereocenters. The molecule has 0 radical (unpaired) electrons. The predicted octanol–water partition coefficient (Wildman–Crippen LogP) is 2.71. The second kappa shape index (κ2) is 7.42. The van der Waals surface area contributed by atoms with Gasteiger partial charge in [0.15, 0.2) is 0 Å². The van der Waals surface area contributed by atoms with Crippen LogP contribution in [0.5, 0.6) is 0 Å². The molecule has 0 saturated carbocycles. The largest absolute Gasteiger partial charge is 0.396 e. The van der Waals surface area contributed by atoms with Crippen LogP contribution in [0.3, 0.4) is 0 Å². The number of amides is 1. The number of aliphatic hydroxyl groups excluding tert-OH is 1. The Morgan fingerprint density at radius 3 is 2.65 bits per heavy atom. The normalized spacial score (nSPS) is 11.5. The van der Waals surface area contributed by atoms with Crippen molar-refractivity contribution in [1.29, 1.82) is 0 Å². The minimum absolute atomic E-state index is 0.0984. The lowest BCUT2D eigenvalue weighted by Gasteiger charge is -2.21. The van der Waals surface area contributed by atoms with Gasteiger partial charge in [0.05, 0.1) is 23.1 Å². The summed E-state index contributed by atoms with van der Waals surface area (Å²) in [5.41, 5.74) is 2.26. The monoisotopic (exact) mass is 315 g/mol. The van der Waals surface area contributed by atoms with Crippen molar-refractivity contribution in [3.8, 4) is 5.69 Å². The summed E-state index contributed by atoms with van der Waals surface area (Å²) in [6, 6.07) is 9.75. The number of rotatable bonds is 7. The van der Waals surface area contributed by atoms with Gasteiger partial charge in [0.25, 0.3) is 5.91 Å². The van der Waals surface area contributed by atoms with Gasteiger partial charge in [0, 0.05) is 13.2 Å². The number of carbonyl (C=O) groups is 1. The molecule has 1 heterocycles. The molecule has 0 aliphatic carbocycles. The third-order valence-electron chi connectivity index (χ3n) is 4.00. The maximum Gasteiger partial charge on any atom is 0.254 e. The first-order chi connectivity index (χ1) is 10.9. The molecule has 2 N–H and O–H groups in total. The van der Waals surface area contributed by atoms with E-state index in [1.807, 2.05) is 51.1 Å². The van der Waals surface area contributed by atoms with E-state index in [0.717, 1.165) is 24.2 Å². The summed E-state index contributed by atoms with van der Waals surface area (Å²) in [6.07, 6.45) is 3.31. The Bertz CT molecular complexity index is 648. The van der Waals surface area contributed by atoms with Crippen molar-refractivity contribution < 1.29 is 9.90 Å². The third-order valence-corrected chi connectivity index (χ3v) is 4.00. The second-order valence-electron chi connectivity index (χ2n) is 6.57. The summed E-state index contributed by atoms with van der Waals surface area (Å²) < 4.78 is 1.77. The molecular formula is C18H25N3O2. The van der Waals surface area contributed by atoms with E-state index in [9.17, 15) is 9.90 Å². The van der Waals surface area contributed by atoms with Gasteiger partial charge in [0.1, 0.15) is 0 Å². The standard InChI is InChI=1S/C18H25N3O2/c1-14-16(12-20-21(14)15-8-5-4-6-9-15)17(23)19-11-7-10-18(2,3)13-22/h4-6,8-9,12,22H,7,10-11,13H2,1-3H3,(H,19,23). The summed E-state index contributed by atoms with van der Waals surface area (Å²) in [5.74, 6) is -0.105. The maximum atomic E-state index is 12.3. The Balaban J connectivity index is 1.95. The number of carbonyl (C=O) groups excluding carboxylic acids is 1. The van der Waals surface area contributed by atoms with Crippen LogP contribution in [0.25, 0.3) is 5.69 Å². The molecule has 0 atom stereocenters. The van der Waals surface area contributed by atoms with Crippen LogP contribution in [0.4, 0.5) is 0 Å². The van der Waals surface area contributed by atoms with Crippen LogP contribution in [0.1, 0.15) is 42.7 Å². The van der Waals surface area contributed by atoms with Gasteiger partial charge in [-0.3, -0.25) is 4.79 Å². The lowest BCUT2D eigenvalue weighted by atomic mass is 9.89. The summed E-state index contributed by atoms with van der Waals surface area (Å²) in [5, 5.41) is 16.5. The molecule has 1 aromatic heterocycles. The highest BCUT2D eigenvalue weighted by atomic mass is 16.3. The van der Waals surface area contributed by atoms with Crippen molar-refractivity contribution in [2.24, 2.45) is 5.41 Å². The smallest absolute Gasteiger partial charge is 0.254 e. The number of benzene rings is 1. The maximum absolute atomic E-state index is 12.3. The van der Waals surface area contributed by atoms with Gasteiger partial charge in [-0.25, -0.2) is 4.68 Å². The van der Waals surface area contributed by atoms with Crippen LogP contribution >= 0.6 is 0 Å². The predicted molar refractivity (Wildman–Crippen MR) is 90.7 cm³/mol. The Hall–Kier alpha value is -2.14. The van der Waals surface area contributed by atoms with Gasteiger partial charge in [-0.1, -0.05) is 32.0 Å². The van der Waals surface area contributed by atoms with Gasteiger partial charge < -0.3 is 10.4 Å². The molecule has 1 amide bonds. The third kappa shape index (κ3) is 4.42. The summed E-state index contributed by atoms with van der Waals surface area (Å²) >= 11 is 0. The van der Waals surface area contributed by atoms with Crippen LogP contribution in [-0.2, 0) is 0 Å². The first-order valence-electron chi connectivity index (χ1n) is 7.94. The average molecular weight is 315 g/mol. The number of aromatic nitrogens is 2. The molecule has 0 aliphatic rings. The number of hydrogen-bond acceptors (Lipinski definition) is 3. The molecule has 0 spiro atoms. The molecule has 0 fully saturated rings. The lowest BCUT2D eigenvalue weighted by Crippen LogP contribution is -2.26. The zero-order valence-electron chi connectivity index (χ0n) is 14.0. The van der Waals surface area contributed by atoms with E-state index in [2.05, 4.69) is 10.4 Å². The molecule has 124 valence electrons.